The first-order chi connectivity index (χ1) is 19.1. The minimum atomic E-state index is -0.808. The quantitative estimate of drug-likeness (QED) is 0.413. The molecule has 2 amide bonds. The average molecular weight is 552 g/mol. The highest BCUT2D eigenvalue weighted by Gasteiger charge is 2.51. The SMILES string of the molecule is COc1cc(C#N)c(O[C@H]2CC[C@@](C)(C(=O)O)CC2)cc1C(=O)N[C@@H]1[C@H]2CC[C@H](C2)[C@@H]1C(=O)NCC1(C)CCC1. The van der Waals surface area contributed by atoms with E-state index in [1.807, 2.05) is 0 Å². The van der Waals surface area contributed by atoms with Gasteiger partial charge in [-0.15, -0.1) is 0 Å². The molecular weight excluding hydrogens is 510 g/mol. The molecular formula is C31H41N3O6. The van der Waals surface area contributed by atoms with Gasteiger partial charge in [-0.1, -0.05) is 13.3 Å². The van der Waals surface area contributed by atoms with Gasteiger partial charge in [0.05, 0.1) is 35.7 Å². The molecule has 4 atom stereocenters. The molecule has 9 heteroatoms. The van der Waals surface area contributed by atoms with Gasteiger partial charge in [0.2, 0.25) is 5.91 Å². The number of carboxylic acid groups (broad SMARTS) is 1. The number of ether oxygens (including phenoxy) is 2. The van der Waals surface area contributed by atoms with Gasteiger partial charge in [0.1, 0.15) is 17.6 Å². The van der Waals surface area contributed by atoms with E-state index < -0.39 is 11.4 Å². The molecule has 0 heterocycles. The minimum Gasteiger partial charge on any atom is -0.496 e. The number of nitriles is 1. The van der Waals surface area contributed by atoms with Crippen molar-refractivity contribution in [2.24, 2.45) is 28.6 Å². The van der Waals surface area contributed by atoms with Crippen LogP contribution in [0.1, 0.15) is 94.0 Å². The van der Waals surface area contributed by atoms with Gasteiger partial charge in [-0.2, -0.15) is 5.26 Å². The van der Waals surface area contributed by atoms with E-state index in [4.69, 9.17) is 9.47 Å². The standard InChI is InChI=1S/C31H41N3O6/c1-30(9-4-10-30)17-33-28(36)25-18-5-6-19(13-18)26(25)34-27(35)22-15-23(20(16-32)14-24(22)39-3)40-21-7-11-31(2,12-8-21)29(37)38/h14-15,18-19,21,25-26H,4-13,17H2,1-3H3,(H,33,36)(H,34,35)(H,37,38)/t18-,19+,21-,25+,26-,31+/m1/s1. The van der Waals surface area contributed by atoms with Crippen LogP contribution in [0.3, 0.4) is 0 Å². The number of nitrogens with zero attached hydrogens (tertiary/aromatic N) is 1. The zero-order chi connectivity index (χ0) is 28.7. The first-order valence-electron chi connectivity index (χ1n) is 14.7. The Morgan fingerprint density at radius 3 is 2.35 bits per heavy atom. The molecule has 0 radical (unpaired) electrons. The maximum absolute atomic E-state index is 13.7. The zero-order valence-corrected chi connectivity index (χ0v) is 23.8. The van der Waals surface area contributed by atoms with Crippen molar-refractivity contribution in [2.45, 2.75) is 90.2 Å². The largest absolute Gasteiger partial charge is 0.496 e. The van der Waals surface area contributed by atoms with Crippen LogP contribution in [0.25, 0.3) is 0 Å². The van der Waals surface area contributed by atoms with E-state index in [0.29, 0.717) is 32.2 Å². The Morgan fingerprint density at radius 2 is 1.75 bits per heavy atom. The maximum Gasteiger partial charge on any atom is 0.309 e. The predicted molar refractivity (Wildman–Crippen MR) is 147 cm³/mol. The van der Waals surface area contributed by atoms with Gasteiger partial charge in [0, 0.05) is 18.7 Å². The number of carboxylic acids is 1. The van der Waals surface area contributed by atoms with Crippen LogP contribution in [0.4, 0.5) is 0 Å². The molecule has 4 fully saturated rings. The van der Waals surface area contributed by atoms with Gasteiger partial charge in [0.25, 0.3) is 5.91 Å². The fourth-order valence-electron chi connectivity index (χ4n) is 7.31. The van der Waals surface area contributed by atoms with Crippen LogP contribution in [0, 0.1) is 39.9 Å². The van der Waals surface area contributed by atoms with Gasteiger partial charge in [-0.25, -0.2) is 0 Å². The van der Waals surface area contributed by atoms with Crippen molar-refractivity contribution in [3.8, 4) is 17.6 Å². The topological polar surface area (TPSA) is 138 Å². The molecule has 4 saturated carbocycles. The predicted octanol–water partition coefficient (Wildman–Crippen LogP) is 4.43. The van der Waals surface area contributed by atoms with Crippen LogP contribution in [0.2, 0.25) is 0 Å². The molecule has 2 bridgehead atoms. The fourth-order valence-corrected chi connectivity index (χ4v) is 7.31. The highest BCUT2D eigenvalue weighted by molar-refractivity contribution is 5.98. The number of hydrogen-bond acceptors (Lipinski definition) is 6. The molecule has 40 heavy (non-hydrogen) atoms. The lowest BCUT2D eigenvalue weighted by atomic mass is 9.70. The second-order valence-corrected chi connectivity index (χ2v) is 13.1. The van der Waals surface area contributed by atoms with Crippen molar-refractivity contribution in [2.75, 3.05) is 13.7 Å². The Morgan fingerprint density at radius 1 is 1.05 bits per heavy atom. The summed E-state index contributed by atoms with van der Waals surface area (Å²) in [6.45, 7) is 4.64. The number of fused-ring (bicyclic) bond motifs is 2. The number of carbonyl (C=O) groups excluding carboxylic acids is 2. The van der Waals surface area contributed by atoms with Crippen LogP contribution in [-0.4, -0.2) is 48.7 Å². The normalized spacial score (nSPS) is 31.9. The highest BCUT2D eigenvalue weighted by atomic mass is 16.5. The monoisotopic (exact) mass is 551 g/mol. The number of rotatable bonds is 9. The Kier molecular flexibility index (Phi) is 7.73. The number of hydrogen-bond donors (Lipinski definition) is 3. The summed E-state index contributed by atoms with van der Waals surface area (Å²) < 4.78 is 11.7. The number of carbonyl (C=O) groups is 3. The molecule has 9 nitrogen and oxygen atoms in total. The first-order valence-corrected chi connectivity index (χ1v) is 14.7. The van der Waals surface area contributed by atoms with Crippen molar-refractivity contribution in [3.05, 3.63) is 23.3 Å². The number of amides is 2. The Hall–Kier alpha value is -3.28. The number of benzene rings is 1. The molecule has 1 aromatic rings. The minimum absolute atomic E-state index is 0.0344. The van der Waals surface area contributed by atoms with Crippen LogP contribution in [0.5, 0.6) is 11.5 Å². The van der Waals surface area contributed by atoms with Crippen molar-refractivity contribution in [1.29, 1.82) is 5.26 Å². The lowest BCUT2D eigenvalue weighted by Crippen LogP contribution is -2.51. The average Bonchev–Trinajstić information content (AvgIpc) is 3.53. The van der Waals surface area contributed by atoms with E-state index in [1.54, 1.807) is 13.0 Å². The van der Waals surface area contributed by atoms with E-state index in [1.165, 1.54) is 19.6 Å². The molecule has 216 valence electrons. The van der Waals surface area contributed by atoms with Crippen molar-refractivity contribution in [1.82, 2.24) is 10.6 Å². The lowest BCUT2D eigenvalue weighted by molar-refractivity contribution is -0.150. The van der Waals surface area contributed by atoms with E-state index in [9.17, 15) is 24.8 Å². The van der Waals surface area contributed by atoms with Gasteiger partial charge >= 0.3 is 5.97 Å². The molecule has 4 aliphatic carbocycles. The summed E-state index contributed by atoms with van der Waals surface area (Å²) in [6, 6.07) is 4.94. The number of aliphatic carboxylic acids is 1. The second-order valence-electron chi connectivity index (χ2n) is 13.1. The maximum atomic E-state index is 13.7. The molecule has 5 rings (SSSR count). The first kappa shape index (κ1) is 28.3. The summed E-state index contributed by atoms with van der Waals surface area (Å²) in [5.41, 5.74) is -0.0848. The lowest BCUT2D eigenvalue weighted by Gasteiger charge is -2.39. The summed E-state index contributed by atoms with van der Waals surface area (Å²) in [5, 5.41) is 25.7. The van der Waals surface area contributed by atoms with E-state index >= 15 is 0 Å². The number of nitrogens with one attached hydrogen (secondary N) is 2. The third-order valence-corrected chi connectivity index (χ3v) is 10.3. The van der Waals surface area contributed by atoms with Crippen LogP contribution in [0.15, 0.2) is 12.1 Å². The van der Waals surface area contributed by atoms with Gasteiger partial charge < -0.3 is 25.2 Å². The van der Waals surface area contributed by atoms with E-state index in [2.05, 4.69) is 23.6 Å². The second kappa shape index (κ2) is 10.9. The van der Waals surface area contributed by atoms with Crippen molar-refractivity contribution in [3.63, 3.8) is 0 Å². The molecule has 0 saturated heterocycles. The Balaban J connectivity index is 1.31. The molecule has 0 aromatic heterocycles. The third-order valence-electron chi connectivity index (χ3n) is 10.3. The van der Waals surface area contributed by atoms with E-state index in [0.717, 1.165) is 32.1 Å². The molecule has 1 aromatic carbocycles. The van der Waals surface area contributed by atoms with Gasteiger partial charge in [-0.05, 0) is 88.0 Å². The summed E-state index contributed by atoms with van der Waals surface area (Å²) in [4.78, 5) is 38.6. The van der Waals surface area contributed by atoms with Crippen molar-refractivity contribution < 1.29 is 29.0 Å². The number of methoxy groups -OCH3 is 1. The molecule has 0 unspecified atom stereocenters. The molecule has 3 N–H and O–H groups in total. The fraction of sp³-hybridized carbons (Fsp3) is 0.677. The van der Waals surface area contributed by atoms with Crippen LogP contribution >= 0.6 is 0 Å². The molecule has 0 spiro atoms. The third kappa shape index (κ3) is 5.37. The summed E-state index contributed by atoms with van der Waals surface area (Å²) in [6.07, 6.45) is 8.20. The summed E-state index contributed by atoms with van der Waals surface area (Å²) >= 11 is 0. The summed E-state index contributed by atoms with van der Waals surface area (Å²) in [5.74, 6) is -0.293. The van der Waals surface area contributed by atoms with Crippen LogP contribution < -0.4 is 20.1 Å². The highest BCUT2D eigenvalue weighted by Crippen LogP contribution is 2.49. The van der Waals surface area contributed by atoms with Gasteiger partial charge in [-0.3, -0.25) is 14.4 Å². The Bertz CT molecular complexity index is 1210. The van der Waals surface area contributed by atoms with Gasteiger partial charge in [0.15, 0.2) is 0 Å². The zero-order valence-electron chi connectivity index (χ0n) is 23.8. The molecule has 0 aliphatic heterocycles. The molecule has 4 aliphatic rings. The van der Waals surface area contributed by atoms with Crippen LogP contribution in [-0.2, 0) is 9.59 Å². The Labute approximate surface area is 236 Å². The summed E-state index contributed by atoms with van der Waals surface area (Å²) in [7, 11) is 1.45. The van der Waals surface area contributed by atoms with Crippen molar-refractivity contribution >= 4 is 17.8 Å². The smallest absolute Gasteiger partial charge is 0.309 e. The van der Waals surface area contributed by atoms with E-state index in [-0.39, 0.29) is 69.8 Å².